The SMILES string of the molecule is N#CC(NC(=O)c1cc2n(n1)CCCO2)c1ccc(OC(F)(F)F)cc1. The number of aryl methyl sites for hydroxylation is 1. The molecule has 1 atom stereocenters. The van der Waals surface area contributed by atoms with Gasteiger partial charge in [0.15, 0.2) is 5.69 Å². The minimum absolute atomic E-state index is 0.0965. The fourth-order valence-corrected chi connectivity index (χ4v) is 2.44. The average Bonchev–Trinajstić information content (AvgIpc) is 3.03. The molecule has 3 rings (SSSR count). The highest BCUT2D eigenvalue weighted by Crippen LogP contribution is 2.25. The predicted molar refractivity (Wildman–Crippen MR) is 81.3 cm³/mol. The van der Waals surface area contributed by atoms with Crippen LogP contribution in [0.2, 0.25) is 0 Å². The lowest BCUT2D eigenvalue weighted by Gasteiger charge is -2.13. The molecule has 26 heavy (non-hydrogen) atoms. The first-order chi connectivity index (χ1) is 12.4. The molecular formula is C16H13F3N4O3. The number of carbonyl (C=O) groups excluding carboxylic acids is 1. The number of alkyl halides is 3. The molecule has 1 unspecified atom stereocenters. The summed E-state index contributed by atoms with van der Waals surface area (Å²) in [6, 6.07) is 7.00. The van der Waals surface area contributed by atoms with E-state index < -0.39 is 24.1 Å². The van der Waals surface area contributed by atoms with Crippen molar-refractivity contribution in [3.05, 3.63) is 41.6 Å². The van der Waals surface area contributed by atoms with Crippen LogP contribution in [0.15, 0.2) is 30.3 Å². The van der Waals surface area contributed by atoms with Crippen LogP contribution in [0.3, 0.4) is 0 Å². The lowest BCUT2D eigenvalue weighted by atomic mass is 10.1. The molecule has 0 fully saturated rings. The predicted octanol–water partition coefficient (Wildman–Crippen LogP) is 2.56. The number of hydrogen-bond donors (Lipinski definition) is 1. The maximum absolute atomic E-state index is 12.3. The van der Waals surface area contributed by atoms with E-state index in [1.165, 1.54) is 18.2 Å². The van der Waals surface area contributed by atoms with Crippen molar-refractivity contribution in [1.82, 2.24) is 15.1 Å². The number of halogens is 3. The Hall–Kier alpha value is -3.22. The minimum atomic E-state index is -4.80. The van der Waals surface area contributed by atoms with Crippen molar-refractivity contribution < 1.29 is 27.4 Å². The second kappa shape index (κ2) is 6.95. The van der Waals surface area contributed by atoms with Gasteiger partial charge in [0.2, 0.25) is 5.88 Å². The molecule has 0 aliphatic carbocycles. The van der Waals surface area contributed by atoms with Crippen molar-refractivity contribution in [2.45, 2.75) is 25.4 Å². The summed E-state index contributed by atoms with van der Waals surface area (Å²) in [7, 11) is 0. The lowest BCUT2D eigenvalue weighted by Crippen LogP contribution is -2.28. The Bertz CT molecular complexity index is 816. The molecule has 1 aromatic heterocycles. The van der Waals surface area contributed by atoms with Gasteiger partial charge in [-0.15, -0.1) is 13.2 Å². The summed E-state index contributed by atoms with van der Waals surface area (Å²) < 4.78 is 47.2. The number of benzene rings is 1. The summed E-state index contributed by atoms with van der Waals surface area (Å²) in [5, 5.41) is 15.9. The summed E-state index contributed by atoms with van der Waals surface area (Å²) in [6.45, 7) is 1.17. The molecule has 2 heterocycles. The zero-order chi connectivity index (χ0) is 18.7. The summed E-state index contributed by atoms with van der Waals surface area (Å²) in [5.74, 6) is -0.524. The molecule has 1 amide bonds. The molecule has 0 saturated heterocycles. The molecule has 0 bridgehead atoms. The Morgan fingerprint density at radius 3 is 2.73 bits per heavy atom. The van der Waals surface area contributed by atoms with Crippen LogP contribution < -0.4 is 14.8 Å². The van der Waals surface area contributed by atoms with E-state index in [0.717, 1.165) is 18.6 Å². The van der Waals surface area contributed by atoms with E-state index in [9.17, 15) is 23.2 Å². The zero-order valence-corrected chi connectivity index (χ0v) is 13.3. The van der Waals surface area contributed by atoms with Gasteiger partial charge in [-0.3, -0.25) is 4.79 Å². The molecule has 0 spiro atoms. The van der Waals surface area contributed by atoms with Crippen LogP contribution in [0.1, 0.15) is 28.5 Å². The standard InChI is InChI=1S/C16H13F3N4O3/c17-16(18,19)26-11-4-2-10(3-5-11)13(9-20)21-15(24)12-8-14-23(22-12)6-1-7-25-14/h2-5,8,13H,1,6-7H2,(H,21,24). The highest BCUT2D eigenvalue weighted by atomic mass is 19.4. The quantitative estimate of drug-likeness (QED) is 0.898. The topological polar surface area (TPSA) is 89.2 Å². The number of fused-ring (bicyclic) bond motifs is 1. The smallest absolute Gasteiger partial charge is 0.478 e. The number of ether oxygens (including phenoxy) is 2. The van der Waals surface area contributed by atoms with Crippen LogP contribution in [0.4, 0.5) is 13.2 Å². The van der Waals surface area contributed by atoms with E-state index in [-0.39, 0.29) is 5.69 Å². The van der Waals surface area contributed by atoms with Crippen molar-refractivity contribution >= 4 is 5.91 Å². The first-order valence-corrected chi connectivity index (χ1v) is 7.62. The number of aromatic nitrogens is 2. The highest BCUT2D eigenvalue weighted by Gasteiger charge is 2.31. The van der Waals surface area contributed by atoms with Crippen LogP contribution in [0.5, 0.6) is 11.6 Å². The van der Waals surface area contributed by atoms with E-state index in [0.29, 0.717) is 24.6 Å². The van der Waals surface area contributed by atoms with E-state index in [1.54, 1.807) is 4.68 Å². The molecular weight excluding hydrogens is 353 g/mol. The number of rotatable bonds is 4. The van der Waals surface area contributed by atoms with Gasteiger partial charge in [-0.25, -0.2) is 4.68 Å². The largest absolute Gasteiger partial charge is 0.573 e. The molecule has 1 aromatic carbocycles. The third kappa shape index (κ3) is 4.05. The maximum atomic E-state index is 12.3. The number of nitrogens with zero attached hydrogens (tertiary/aromatic N) is 3. The van der Waals surface area contributed by atoms with Crippen LogP contribution in [-0.4, -0.2) is 28.7 Å². The van der Waals surface area contributed by atoms with E-state index >= 15 is 0 Å². The second-order valence-electron chi connectivity index (χ2n) is 5.45. The average molecular weight is 366 g/mol. The number of nitriles is 1. The van der Waals surface area contributed by atoms with E-state index in [1.807, 2.05) is 6.07 Å². The van der Waals surface area contributed by atoms with Crippen molar-refractivity contribution in [2.75, 3.05) is 6.61 Å². The van der Waals surface area contributed by atoms with Crippen LogP contribution >= 0.6 is 0 Å². The van der Waals surface area contributed by atoms with Crippen molar-refractivity contribution in [3.8, 4) is 17.7 Å². The summed E-state index contributed by atoms with van der Waals surface area (Å²) in [4.78, 5) is 12.3. The lowest BCUT2D eigenvalue weighted by molar-refractivity contribution is -0.274. The minimum Gasteiger partial charge on any atom is -0.478 e. The molecule has 2 aromatic rings. The molecule has 0 radical (unpaired) electrons. The Balaban J connectivity index is 1.70. The molecule has 1 N–H and O–H groups in total. The van der Waals surface area contributed by atoms with Gasteiger partial charge in [0.1, 0.15) is 11.8 Å². The van der Waals surface area contributed by atoms with Gasteiger partial charge in [-0.1, -0.05) is 12.1 Å². The number of nitrogens with one attached hydrogen (secondary N) is 1. The van der Waals surface area contributed by atoms with Gasteiger partial charge >= 0.3 is 6.36 Å². The second-order valence-corrected chi connectivity index (χ2v) is 5.45. The van der Waals surface area contributed by atoms with Gasteiger partial charge in [0.25, 0.3) is 5.91 Å². The van der Waals surface area contributed by atoms with E-state index in [2.05, 4.69) is 15.2 Å². The summed E-state index contributed by atoms with van der Waals surface area (Å²) in [5.41, 5.74) is 0.412. The van der Waals surface area contributed by atoms with Gasteiger partial charge in [0, 0.05) is 19.0 Å². The third-order valence-corrected chi connectivity index (χ3v) is 3.59. The molecule has 7 nitrogen and oxygen atoms in total. The highest BCUT2D eigenvalue weighted by molar-refractivity contribution is 5.93. The fraction of sp³-hybridized carbons (Fsp3) is 0.312. The summed E-state index contributed by atoms with van der Waals surface area (Å²) in [6.07, 6.45) is -4.02. The van der Waals surface area contributed by atoms with Gasteiger partial charge < -0.3 is 14.8 Å². The monoisotopic (exact) mass is 366 g/mol. The van der Waals surface area contributed by atoms with Crippen LogP contribution in [0, 0.1) is 11.3 Å². The molecule has 10 heteroatoms. The van der Waals surface area contributed by atoms with Crippen molar-refractivity contribution in [1.29, 1.82) is 5.26 Å². The number of carbonyl (C=O) groups is 1. The molecule has 1 aliphatic heterocycles. The number of hydrogen-bond acceptors (Lipinski definition) is 5. The first kappa shape index (κ1) is 17.6. The fourth-order valence-electron chi connectivity index (χ4n) is 2.44. The molecule has 0 saturated carbocycles. The number of amides is 1. The third-order valence-electron chi connectivity index (χ3n) is 3.59. The van der Waals surface area contributed by atoms with Gasteiger partial charge in [-0.05, 0) is 17.7 Å². The summed E-state index contributed by atoms with van der Waals surface area (Å²) >= 11 is 0. The first-order valence-electron chi connectivity index (χ1n) is 7.62. The van der Waals surface area contributed by atoms with Crippen molar-refractivity contribution in [2.24, 2.45) is 0 Å². The molecule has 136 valence electrons. The maximum Gasteiger partial charge on any atom is 0.573 e. The molecule has 1 aliphatic rings. The Morgan fingerprint density at radius 1 is 1.38 bits per heavy atom. The van der Waals surface area contributed by atoms with Crippen molar-refractivity contribution in [3.63, 3.8) is 0 Å². The van der Waals surface area contributed by atoms with Gasteiger partial charge in [-0.2, -0.15) is 10.4 Å². The zero-order valence-electron chi connectivity index (χ0n) is 13.3. The Morgan fingerprint density at radius 2 is 2.12 bits per heavy atom. The van der Waals surface area contributed by atoms with Crippen LogP contribution in [0.25, 0.3) is 0 Å². The van der Waals surface area contributed by atoms with Crippen LogP contribution in [-0.2, 0) is 6.54 Å². The Labute approximate surface area is 145 Å². The van der Waals surface area contributed by atoms with E-state index in [4.69, 9.17) is 4.74 Å². The normalized spacial score (nSPS) is 14.5. The van der Waals surface area contributed by atoms with Gasteiger partial charge in [0.05, 0.1) is 12.7 Å². The Kier molecular flexibility index (Phi) is 4.71.